The van der Waals surface area contributed by atoms with Crippen molar-refractivity contribution in [2.75, 3.05) is 13.2 Å². The normalized spacial score (nSPS) is 26.5. The zero-order valence-electron chi connectivity index (χ0n) is 10.5. The van der Waals surface area contributed by atoms with Crippen LogP contribution in [0.3, 0.4) is 0 Å². The Kier molecular flexibility index (Phi) is 5.73. The van der Waals surface area contributed by atoms with E-state index in [0.29, 0.717) is 17.9 Å². The van der Waals surface area contributed by atoms with Gasteiger partial charge in [0.2, 0.25) is 0 Å². The molecule has 1 rings (SSSR count). The second kappa shape index (κ2) is 6.59. The van der Waals surface area contributed by atoms with Gasteiger partial charge >= 0.3 is 6.36 Å². The van der Waals surface area contributed by atoms with Gasteiger partial charge in [0.1, 0.15) is 0 Å². The first-order chi connectivity index (χ1) is 7.90. The molecule has 0 saturated heterocycles. The van der Waals surface area contributed by atoms with Gasteiger partial charge in [0.25, 0.3) is 0 Å². The topological polar surface area (TPSA) is 21.3 Å². The fraction of sp³-hybridized carbons (Fsp3) is 1.00. The Morgan fingerprint density at radius 1 is 1.24 bits per heavy atom. The molecule has 0 spiro atoms. The molecule has 0 bridgehead atoms. The number of ether oxygens (including phenoxy) is 1. The van der Waals surface area contributed by atoms with E-state index in [1.165, 1.54) is 19.3 Å². The van der Waals surface area contributed by atoms with Crippen molar-refractivity contribution >= 4 is 0 Å². The monoisotopic (exact) mass is 253 g/mol. The van der Waals surface area contributed by atoms with E-state index in [9.17, 15) is 13.2 Å². The molecule has 2 atom stereocenters. The highest BCUT2D eigenvalue weighted by Crippen LogP contribution is 2.30. The highest BCUT2D eigenvalue weighted by atomic mass is 19.4. The van der Waals surface area contributed by atoms with Crippen LogP contribution in [0.25, 0.3) is 0 Å². The van der Waals surface area contributed by atoms with E-state index < -0.39 is 6.36 Å². The standard InChI is InChI=1S/C12H22F3NO/c1-9(2)10-5-3-4-6-11(10)16-7-8-17-12(13,14)15/h9-11,16H,3-8H2,1-2H3. The average molecular weight is 253 g/mol. The molecular formula is C12H22F3NO. The summed E-state index contributed by atoms with van der Waals surface area (Å²) in [6.45, 7) is 4.33. The number of rotatable bonds is 5. The SMILES string of the molecule is CC(C)C1CCCCC1NCCOC(F)(F)F. The molecule has 1 fully saturated rings. The fourth-order valence-corrected chi connectivity index (χ4v) is 2.62. The van der Waals surface area contributed by atoms with E-state index in [1.54, 1.807) is 0 Å². The molecule has 0 radical (unpaired) electrons. The van der Waals surface area contributed by atoms with E-state index in [0.717, 1.165) is 6.42 Å². The smallest absolute Gasteiger partial charge is 0.311 e. The molecule has 17 heavy (non-hydrogen) atoms. The third-order valence-corrected chi connectivity index (χ3v) is 3.45. The minimum atomic E-state index is -4.51. The lowest BCUT2D eigenvalue weighted by Crippen LogP contribution is -2.42. The van der Waals surface area contributed by atoms with Gasteiger partial charge in [-0.3, -0.25) is 4.74 Å². The molecule has 2 unspecified atom stereocenters. The zero-order chi connectivity index (χ0) is 12.9. The lowest BCUT2D eigenvalue weighted by Gasteiger charge is -2.35. The maximum Gasteiger partial charge on any atom is 0.522 e. The maximum atomic E-state index is 11.8. The van der Waals surface area contributed by atoms with Gasteiger partial charge in [-0.25, -0.2) is 0 Å². The number of nitrogens with one attached hydrogen (secondary N) is 1. The second-order valence-electron chi connectivity index (χ2n) is 5.05. The Morgan fingerprint density at radius 2 is 1.88 bits per heavy atom. The van der Waals surface area contributed by atoms with Crippen LogP contribution < -0.4 is 5.32 Å². The average Bonchev–Trinajstić information content (AvgIpc) is 2.23. The molecule has 1 saturated carbocycles. The van der Waals surface area contributed by atoms with Crippen molar-refractivity contribution in [1.82, 2.24) is 5.32 Å². The van der Waals surface area contributed by atoms with Crippen LogP contribution in [0.5, 0.6) is 0 Å². The van der Waals surface area contributed by atoms with Crippen molar-refractivity contribution in [2.45, 2.75) is 51.9 Å². The summed E-state index contributed by atoms with van der Waals surface area (Å²) in [6.07, 6.45) is 0.136. The Hall–Kier alpha value is -0.290. The van der Waals surface area contributed by atoms with Gasteiger partial charge in [-0.1, -0.05) is 26.7 Å². The van der Waals surface area contributed by atoms with Crippen LogP contribution in [0.15, 0.2) is 0 Å². The number of hydrogen-bond donors (Lipinski definition) is 1. The predicted octanol–water partition coefficient (Wildman–Crippen LogP) is 3.33. The molecule has 2 nitrogen and oxygen atoms in total. The molecule has 0 aromatic heterocycles. The van der Waals surface area contributed by atoms with Crippen molar-refractivity contribution in [3.05, 3.63) is 0 Å². The quantitative estimate of drug-likeness (QED) is 0.759. The summed E-state index contributed by atoms with van der Waals surface area (Å²) in [5.74, 6) is 1.16. The van der Waals surface area contributed by atoms with Gasteiger partial charge in [0, 0.05) is 12.6 Å². The van der Waals surface area contributed by atoms with E-state index in [1.807, 2.05) is 0 Å². The van der Waals surface area contributed by atoms with Crippen LogP contribution in [-0.2, 0) is 4.74 Å². The van der Waals surface area contributed by atoms with E-state index >= 15 is 0 Å². The predicted molar refractivity (Wildman–Crippen MR) is 60.6 cm³/mol. The van der Waals surface area contributed by atoms with Gasteiger partial charge in [-0.15, -0.1) is 13.2 Å². The first kappa shape index (κ1) is 14.8. The Balaban J connectivity index is 2.24. The van der Waals surface area contributed by atoms with Crippen LogP contribution in [-0.4, -0.2) is 25.6 Å². The van der Waals surface area contributed by atoms with E-state index in [-0.39, 0.29) is 13.2 Å². The van der Waals surface area contributed by atoms with E-state index in [2.05, 4.69) is 23.9 Å². The summed E-state index contributed by atoms with van der Waals surface area (Å²) in [6, 6.07) is 0.348. The van der Waals surface area contributed by atoms with Crippen molar-refractivity contribution in [2.24, 2.45) is 11.8 Å². The Morgan fingerprint density at radius 3 is 2.47 bits per heavy atom. The van der Waals surface area contributed by atoms with Crippen LogP contribution in [0, 0.1) is 11.8 Å². The molecule has 1 aliphatic carbocycles. The van der Waals surface area contributed by atoms with E-state index in [4.69, 9.17) is 0 Å². The van der Waals surface area contributed by atoms with Gasteiger partial charge in [-0.2, -0.15) is 0 Å². The summed E-state index contributed by atoms with van der Waals surface area (Å²) in [5, 5.41) is 3.20. The molecule has 0 aromatic rings. The maximum absolute atomic E-state index is 11.8. The highest BCUT2D eigenvalue weighted by molar-refractivity contribution is 4.82. The molecule has 5 heteroatoms. The molecule has 0 amide bonds. The minimum absolute atomic E-state index is 0.271. The van der Waals surface area contributed by atoms with Gasteiger partial charge in [-0.05, 0) is 24.7 Å². The summed E-state index contributed by atoms with van der Waals surface area (Å²) in [4.78, 5) is 0. The van der Waals surface area contributed by atoms with Gasteiger partial charge < -0.3 is 5.32 Å². The number of alkyl halides is 3. The second-order valence-corrected chi connectivity index (χ2v) is 5.05. The van der Waals surface area contributed by atoms with Gasteiger partial charge in [0.05, 0.1) is 6.61 Å². The van der Waals surface area contributed by atoms with Gasteiger partial charge in [0.15, 0.2) is 0 Å². The molecule has 0 aromatic carbocycles. The van der Waals surface area contributed by atoms with Crippen LogP contribution in [0.1, 0.15) is 39.5 Å². The van der Waals surface area contributed by atoms with Crippen LogP contribution in [0.2, 0.25) is 0 Å². The van der Waals surface area contributed by atoms with Crippen LogP contribution in [0.4, 0.5) is 13.2 Å². The molecular weight excluding hydrogens is 231 g/mol. The molecule has 102 valence electrons. The van der Waals surface area contributed by atoms with Crippen LogP contribution >= 0.6 is 0 Å². The molecule has 1 aliphatic rings. The summed E-state index contributed by atoms with van der Waals surface area (Å²) in [5.41, 5.74) is 0. The Labute approximate surface area is 101 Å². The lowest BCUT2D eigenvalue weighted by molar-refractivity contribution is -0.323. The summed E-state index contributed by atoms with van der Waals surface area (Å²) in [7, 11) is 0. The summed E-state index contributed by atoms with van der Waals surface area (Å²) >= 11 is 0. The minimum Gasteiger partial charge on any atom is -0.311 e. The van der Waals surface area contributed by atoms with Crippen molar-refractivity contribution in [1.29, 1.82) is 0 Å². The third kappa shape index (κ3) is 5.73. The van der Waals surface area contributed by atoms with Crippen molar-refractivity contribution in [3.8, 4) is 0 Å². The summed E-state index contributed by atoms with van der Waals surface area (Å²) < 4.78 is 39.1. The highest BCUT2D eigenvalue weighted by Gasteiger charge is 2.30. The Bertz CT molecular complexity index is 218. The first-order valence-electron chi connectivity index (χ1n) is 6.34. The lowest BCUT2D eigenvalue weighted by atomic mass is 9.78. The fourth-order valence-electron chi connectivity index (χ4n) is 2.62. The number of hydrogen-bond acceptors (Lipinski definition) is 2. The largest absolute Gasteiger partial charge is 0.522 e. The zero-order valence-corrected chi connectivity index (χ0v) is 10.5. The molecule has 0 aliphatic heterocycles. The molecule has 1 N–H and O–H groups in total. The van der Waals surface area contributed by atoms with Crippen molar-refractivity contribution < 1.29 is 17.9 Å². The molecule has 0 heterocycles. The number of halogens is 3. The first-order valence-corrected chi connectivity index (χ1v) is 6.34. The van der Waals surface area contributed by atoms with Crippen molar-refractivity contribution in [3.63, 3.8) is 0 Å². The third-order valence-electron chi connectivity index (χ3n) is 3.45.